The first-order chi connectivity index (χ1) is 11.6. The van der Waals surface area contributed by atoms with Crippen LogP contribution in [0.25, 0.3) is 10.9 Å². The third-order valence-corrected chi connectivity index (χ3v) is 5.82. The van der Waals surface area contributed by atoms with E-state index in [1.54, 1.807) is 19.2 Å². The summed E-state index contributed by atoms with van der Waals surface area (Å²) in [5.74, 6) is -0.279. The molecule has 0 bridgehead atoms. The van der Waals surface area contributed by atoms with Gasteiger partial charge in [0.25, 0.3) is 5.91 Å². The number of nitrogens with one attached hydrogen (secondary N) is 1. The van der Waals surface area contributed by atoms with E-state index in [9.17, 15) is 9.18 Å². The SMILES string of the molecule is CO[C@@H]1CCC[C@@]12CCCN(C(=O)c1cc3cc(F)ccc3[nH]1)C2. The summed E-state index contributed by atoms with van der Waals surface area (Å²) in [6, 6.07) is 6.30. The number of methoxy groups -OCH3 is 1. The smallest absolute Gasteiger partial charge is 0.270 e. The summed E-state index contributed by atoms with van der Waals surface area (Å²) >= 11 is 0. The van der Waals surface area contributed by atoms with Crippen molar-refractivity contribution in [1.29, 1.82) is 0 Å². The normalized spacial score (nSPS) is 27.2. The van der Waals surface area contributed by atoms with Crippen molar-refractivity contribution in [1.82, 2.24) is 9.88 Å². The Kier molecular flexibility index (Phi) is 3.83. The first kappa shape index (κ1) is 15.6. The fourth-order valence-corrected chi connectivity index (χ4v) is 4.66. The fourth-order valence-electron chi connectivity index (χ4n) is 4.66. The number of fused-ring (bicyclic) bond motifs is 1. The van der Waals surface area contributed by atoms with Gasteiger partial charge in [-0.2, -0.15) is 0 Å². The molecule has 1 aliphatic carbocycles. The van der Waals surface area contributed by atoms with Crippen molar-refractivity contribution in [2.45, 2.75) is 38.2 Å². The van der Waals surface area contributed by atoms with Crippen molar-refractivity contribution in [3.05, 3.63) is 35.8 Å². The molecule has 2 fully saturated rings. The molecular weight excluding hydrogens is 307 g/mol. The maximum Gasteiger partial charge on any atom is 0.270 e. The molecule has 2 heterocycles. The molecule has 1 aromatic heterocycles. The molecule has 1 spiro atoms. The van der Waals surface area contributed by atoms with Crippen LogP contribution in [-0.4, -0.2) is 42.1 Å². The second-order valence-corrected chi connectivity index (χ2v) is 7.22. The Bertz CT molecular complexity index is 772. The van der Waals surface area contributed by atoms with Gasteiger partial charge in [0, 0.05) is 36.5 Å². The van der Waals surface area contributed by atoms with Crippen molar-refractivity contribution in [2.24, 2.45) is 5.41 Å². The summed E-state index contributed by atoms with van der Waals surface area (Å²) in [7, 11) is 1.78. The quantitative estimate of drug-likeness (QED) is 0.912. The van der Waals surface area contributed by atoms with Gasteiger partial charge in [0.15, 0.2) is 0 Å². The Morgan fingerprint density at radius 2 is 2.17 bits per heavy atom. The maximum atomic E-state index is 13.4. The van der Waals surface area contributed by atoms with Crippen molar-refractivity contribution in [3.8, 4) is 0 Å². The molecule has 2 aliphatic rings. The first-order valence-electron chi connectivity index (χ1n) is 8.72. The molecular formula is C19H23FN2O2. The number of amides is 1. The van der Waals surface area contributed by atoms with Crippen molar-refractivity contribution < 1.29 is 13.9 Å². The molecule has 2 atom stereocenters. The predicted molar refractivity (Wildman–Crippen MR) is 90.5 cm³/mol. The van der Waals surface area contributed by atoms with Crippen LogP contribution in [-0.2, 0) is 4.74 Å². The zero-order valence-electron chi connectivity index (χ0n) is 14.0. The number of carbonyl (C=O) groups excluding carboxylic acids is 1. The number of rotatable bonds is 2. The summed E-state index contributed by atoms with van der Waals surface area (Å²) in [6.07, 6.45) is 5.79. The molecule has 1 saturated heterocycles. The molecule has 1 aromatic carbocycles. The highest BCUT2D eigenvalue weighted by molar-refractivity contribution is 5.98. The largest absolute Gasteiger partial charge is 0.381 e. The van der Waals surface area contributed by atoms with Crippen molar-refractivity contribution in [3.63, 3.8) is 0 Å². The number of ether oxygens (including phenoxy) is 1. The molecule has 1 aliphatic heterocycles. The van der Waals surface area contributed by atoms with Crippen molar-refractivity contribution >= 4 is 16.8 Å². The monoisotopic (exact) mass is 330 g/mol. The number of nitrogens with zero attached hydrogens (tertiary/aromatic N) is 1. The molecule has 0 radical (unpaired) electrons. The van der Waals surface area contributed by atoms with Gasteiger partial charge in [0.1, 0.15) is 11.5 Å². The molecule has 5 heteroatoms. The topological polar surface area (TPSA) is 45.3 Å². The number of H-pyrrole nitrogens is 1. The minimum atomic E-state index is -0.286. The van der Waals surface area contributed by atoms with Crippen LogP contribution in [0.2, 0.25) is 0 Å². The van der Waals surface area contributed by atoms with E-state index in [1.807, 2.05) is 4.90 Å². The van der Waals surface area contributed by atoms with Gasteiger partial charge in [-0.1, -0.05) is 6.42 Å². The number of piperidine rings is 1. The van der Waals surface area contributed by atoms with Crippen LogP contribution in [0, 0.1) is 11.2 Å². The van der Waals surface area contributed by atoms with Gasteiger partial charge in [-0.05, 0) is 49.9 Å². The lowest BCUT2D eigenvalue weighted by Gasteiger charge is -2.43. The Labute approximate surface area is 141 Å². The van der Waals surface area contributed by atoms with Gasteiger partial charge in [-0.3, -0.25) is 4.79 Å². The molecule has 24 heavy (non-hydrogen) atoms. The molecule has 1 N–H and O–H groups in total. The van der Waals surface area contributed by atoms with Gasteiger partial charge >= 0.3 is 0 Å². The fraction of sp³-hybridized carbons (Fsp3) is 0.526. The van der Waals surface area contributed by atoms with E-state index in [4.69, 9.17) is 4.74 Å². The highest BCUT2D eigenvalue weighted by atomic mass is 19.1. The number of aromatic nitrogens is 1. The van der Waals surface area contributed by atoms with E-state index in [0.717, 1.165) is 49.7 Å². The number of hydrogen-bond donors (Lipinski definition) is 1. The Morgan fingerprint density at radius 3 is 3.00 bits per heavy atom. The molecule has 1 amide bonds. The van der Waals surface area contributed by atoms with Crippen LogP contribution in [0.4, 0.5) is 4.39 Å². The number of carbonyl (C=O) groups is 1. The molecule has 4 rings (SSSR count). The van der Waals surface area contributed by atoms with Gasteiger partial charge in [-0.25, -0.2) is 4.39 Å². The molecule has 128 valence electrons. The lowest BCUT2D eigenvalue weighted by atomic mass is 9.76. The summed E-state index contributed by atoms with van der Waals surface area (Å²) < 4.78 is 19.1. The van der Waals surface area contributed by atoms with E-state index in [1.165, 1.54) is 18.6 Å². The molecule has 2 aromatic rings. The predicted octanol–water partition coefficient (Wildman–Crippen LogP) is 3.73. The zero-order valence-corrected chi connectivity index (χ0v) is 14.0. The number of aromatic amines is 1. The van der Waals surface area contributed by atoms with E-state index >= 15 is 0 Å². The van der Waals surface area contributed by atoms with Gasteiger partial charge in [0.05, 0.1) is 6.10 Å². The highest BCUT2D eigenvalue weighted by Crippen LogP contribution is 2.46. The number of benzene rings is 1. The number of halogens is 1. The van der Waals surface area contributed by atoms with Crippen LogP contribution in [0.1, 0.15) is 42.6 Å². The van der Waals surface area contributed by atoms with E-state index < -0.39 is 0 Å². The molecule has 1 saturated carbocycles. The summed E-state index contributed by atoms with van der Waals surface area (Å²) in [5.41, 5.74) is 1.45. The standard InChI is InChI=1S/C19H23FN2O2/c1-24-17-4-2-7-19(17)8-3-9-22(12-19)18(23)16-11-13-10-14(20)5-6-15(13)21-16/h5-6,10-11,17,21H,2-4,7-9,12H2,1H3/t17-,19+/m1/s1. The number of hydrogen-bond acceptors (Lipinski definition) is 2. The van der Waals surface area contributed by atoms with Crippen LogP contribution in [0.15, 0.2) is 24.3 Å². The van der Waals surface area contributed by atoms with E-state index in [2.05, 4.69) is 4.98 Å². The average Bonchev–Trinajstić information content (AvgIpc) is 3.17. The van der Waals surface area contributed by atoms with Crippen LogP contribution in [0.3, 0.4) is 0 Å². The maximum absolute atomic E-state index is 13.4. The van der Waals surface area contributed by atoms with Crippen LogP contribution in [0.5, 0.6) is 0 Å². The minimum absolute atomic E-state index is 0.00689. The molecule has 0 unspecified atom stereocenters. The lowest BCUT2D eigenvalue weighted by Crippen LogP contribution is -2.49. The summed E-state index contributed by atoms with van der Waals surface area (Å²) in [6.45, 7) is 1.54. The Balaban J connectivity index is 1.59. The Hall–Kier alpha value is -1.88. The second kappa shape index (κ2) is 5.88. The summed E-state index contributed by atoms with van der Waals surface area (Å²) in [5, 5.41) is 0.737. The number of likely N-dealkylation sites (tertiary alicyclic amines) is 1. The molecule has 4 nitrogen and oxygen atoms in total. The average molecular weight is 330 g/mol. The van der Waals surface area contributed by atoms with Gasteiger partial charge < -0.3 is 14.6 Å². The van der Waals surface area contributed by atoms with Crippen LogP contribution < -0.4 is 0 Å². The minimum Gasteiger partial charge on any atom is -0.381 e. The summed E-state index contributed by atoms with van der Waals surface area (Å²) in [4.78, 5) is 18.0. The van der Waals surface area contributed by atoms with E-state index in [0.29, 0.717) is 5.69 Å². The highest BCUT2D eigenvalue weighted by Gasteiger charge is 2.46. The third kappa shape index (κ3) is 2.51. The zero-order chi connectivity index (χ0) is 16.7. The van der Waals surface area contributed by atoms with Gasteiger partial charge in [0.2, 0.25) is 0 Å². The van der Waals surface area contributed by atoms with E-state index in [-0.39, 0.29) is 23.2 Å². The third-order valence-electron chi connectivity index (χ3n) is 5.82. The lowest BCUT2D eigenvalue weighted by molar-refractivity contribution is -0.0296. The second-order valence-electron chi connectivity index (χ2n) is 7.22. The Morgan fingerprint density at radius 1 is 1.33 bits per heavy atom. The van der Waals surface area contributed by atoms with Crippen molar-refractivity contribution in [2.75, 3.05) is 20.2 Å². The first-order valence-corrected chi connectivity index (χ1v) is 8.72. The van der Waals surface area contributed by atoms with Crippen LogP contribution >= 0.6 is 0 Å². The van der Waals surface area contributed by atoms with Gasteiger partial charge in [-0.15, -0.1) is 0 Å².